The molecule has 0 bridgehead atoms. The monoisotopic (exact) mass is 249 g/mol. The number of rotatable bonds is 2. The molecule has 2 aromatic rings. The standard InChI is InChI=1S/C10H11N5O3/c1-15-8(16)6(7(14-15)9(17)18-2)5-3-12-10(11)13-4-5/h3-4,14H,1-2H3,(H2,11,12,13). The molecule has 3 N–H and O–H groups in total. The van der Waals surface area contributed by atoms with E-state index in [2.05, 4.69) is 19.8 Å². The fraction of sp³-hybridized carbons (Fsp3) is 0.200. The number of anilines is 1. The Morgan fingerprint density at radius 2 is 2.06 bits per heavy atom. The second-order valence-corrected chi connectivity index (χ2v) is 3.55. The van der Waals surface area contributed by atoms with Gasteiger partial charge in [0.15, 0.2) is 5.69 Å². The normalized spacial score (nSPS) is 10.3. The van der Waals surface area contributed by atoms with Gasteiger partial charge < -0.3 is 10.5 Å². The summed E-state index contributed by atoms with van der Waals surface area (Å²) in [6.45, 7) is 0. The van der Waals surface area contributed by atoms with Gasteiger partial charge in [-0.15, -0.1) is 0 Å². The molecule has 0 aliphatic carbocycles. The van der Waals surface area contributed by atoms with E-state index in [1.807, 2.05) is 0 Å². The Bertz CT molecular complexity index is 641. The van der Waals surface area contributed by atoms with Gasteiger partial charge in [-0.05, 0) is 0 Å². The number of nitrogens with one attached hydrogen (secondary N) is 1. The number of nitrogens with two attached hydrogens (primary N) is 1. The number of methoxy groups -OCH3 is 1. The first-order valence-corrected chi connectivity index (χ1v) is 4.99. The van der Waals surface area contributed by atoms with Crippen LogP contribution in [0.4, 0.5) is 5.95 Å². The molecule has 0 aliphatic heterocycles. The molecule has 0 radical (unpaired) electrons. The van der Waals surface area contributed by atoms with Gasteiger partial charge in [-0.3, -0.25) is 14.6 Å². The van der Waals surface area contributed by atoms with Gasteiger partial charge in [-0.1, -0.05) is 0 Å². The Morgan fingerprint density at radius 1 is 1.44 bits per heavy atom. The third-order valence-electron chi connectivity index (χ3n) is 2.40. The maximum atomic E-state index is 11.9. The van der Waals surface area contributed by atoms with Gasteiger partial charge >= 0.3 is 5.97 Å². The van der Waals surface area contributed by atoms with Gasteiger partial charge in [0.2, 0.25) is 5.95 Å². The van der Waals surface area contributed by atoms with Gasteiger partial charge in [0.05, 0.1) is 12.7 Å². The van der Waals surface area contributed by atoms with Gasteiger partial charge in [-0.2, -0.15) is 0 Å². The fourth-order valence-corrected chi connectivity index (χ4v) is 1.53. The van der Waals surface area contributed by atoms with E-state index in [9.17, 15) is 9.59 Å². The highest BCUT2D eigenvalue weighted by molar-refractivity contribution is 5.94. The van der Waals surface area contributed by atoms with Crippen LogP contribution in [0.5, 0.6) is 0 Å². The van der Waals surface area contributed by atoms with E-state index in [4.69, 9.17) is 5.73 Å². The van der Waals surface area contributed by atoms with Crippen LogP contribution in [-0.4, -0.2) is 32.8 Å². The Morgan fingerprint density at radius 3 is 2.61 bits per heavy atom. The van der Waals surface area contributed by atoms with Crippen molar-refractivity contribution < 1.29 is 9.53 Å². The maximum Gasteiger partial charge on any atom is 0.356 e. The third-order valence-corrected chi connectivity index (χ3v) is 2.40. The number of carbonyl (C=O) groups excluding carboxylic acids is 1. The number of esters is 1. The summed E-state index contributed by atoms with van der Waals surface area (Å²) in [5.74, 6) is -0.551. The summed E-state index contributed by atoms with van der Waals surface area (Å²) in [4.78, 5) is 31.1. The molecular weight excluding hydrogens is 238 g/mol. The molecule has 2 aromatic heterocycles. The number of ether oxygens (including phenoxy) is 1. The van der Waals surface area contributed by atoms with Crippen molar-refractivity contribution in [3.05, 3.63) is 28.4 Å². The number of aryl methyl sites for hydroxylation is 1. The van der Waals surface area contributed by atoms with Crippen molar-refractivity contribution in [3.8, 4) is 11.1 Å². The van der Waals surface area contributed by atoms with Crippen molar-refractivity contribution in [2.24, 2.45) is 7.05 Å². The van der Waals surface area contributed by atoms with Gasteiger partial charge in [0.1, 0.15) is 0 Å². The molecular formula is C10H11N5O3. The lowest BCUT2D eigenvalue weighted by atomic mass is 10.1. The number of hydrogen-bond acceptors (Lipinski definition) is 6. The average molecular weight is 249 g/mol. The summed E-state index contributed by atoms with van der Waals surface area (Å²) in [6, 6.07) is 0. The summed E-state index contributed by atoms with van der Waals surface area (Å²) in [7, 11) is 2.73. The minimum absolute atomic E-state index is 0.0540. The number of hydrogen-bond donors (Lipinski definition) is 2. The second-order valence-electron chi connectivity index (χ2n) is 3.55. The minimum Gasteiger partial charge on any atom is -0.464 e. The minimum atomic E-state index is -0.639. The van der Waals surface area contributed by atoms with Crippen LogP contribution in [0.3, 0.4) is 0 Å². The van der Waals surface area contributed by atoms with Crippen LogP contribution in [0.1, 0.15) is 10.5 Å². The topological polar surface area (TPSA) is 116 Å². The number of aromatic nitrogens is 4. The zero-order valence-electron chi connectivity index (χ0n) is 9.80. The fourth-order valence-electron chi connectivity index (χ4n) is 1.53. The Balaban J connectivity index is 2.66. The number of nitrogen functional groups attached to an aromatic ring is 1. The highest BCUT2D eigenvalue weighted by Gasteiger charge is 2.21. The smallest absolute Gasteiger partial charge is 0.356 e. The van der Waals surface area contributed by atoms with Crippen LogP contribution < -0.4 is 11.3 Å². The van der Waals surface area contributed by atoms with Gasteiger partial charge in [0, 0.05) is 25.0 Å². The first-order valence-electron chi connectivity index (χ1n) is 4.99. The summed E-state index contributed by atoms with van der Waals surface area (Å²) in [5.41, 5.74) is 5.60. The van der Waals surface area contributed by atoms with E-state index in [-0.39, 0.29) is 22.8 Å². The molecule has 0 atom stereocenters. The van der Waals surface area contributed by atoms with E-state index in [1.54, 1.807) is 0 Å². The van der Waals surface area contributed by atoms with E-state index in [0.717, 1.165) is 0 Å². The van der Waals surface area contributed by atoms with E-state index in [1.165, 1.54) is 31.2 Å². The van der Waals surface area contributed by atoms with Crippen molar-refractivity contribution in [2.45, 2.75) is 0 Å². The molecule has 0 amide bonds. The molecule has 0 fully saturated rings. The van der Waals surface area contributed by atoms with Crippen LogP contribution in [-0.2, 0) is 11.8 Å². The van der Waals surface area contributed by atoms with Crippen molar-refractivity contribution in [2.75, 3.05) is 12.8 Å². The Hall–Kier alpha value is -2.64. The molecule has 0 spiro atoms. The summed E-state index contributed by atoms with van der Waals surface area (Å²) in [6.07, 6.45) is 2.75. The van der Waals surface area contributed by atoms with E-state index in [0.29, 0.717) is 5.56 Å². The van der Waals surface area contributed by atoms with Crippen molar-refractivity contribution in [1.29, 1.82) is 0 Å². The highest BCUT2D eigenvalue weighted by atomic mass is 16.5. The van der Waals surface area contributed by atoms with Crippen molar-refractivity contribution >= 4 is 11.9 Å². The zero-order chi connectivity index (χ0) is 13.3. The van der Waals surface area contributed by atoms with Crippen LogP contribution in [0.25, 0.3) is 11.1 Å². The Labute approximate surface area is 101 Å². The maximum absolute atomic E-state index is 11.9. The summed E-state index contributed by atoms with van der Waals surface area (Å²) in [5, 5.41) is 2.62. The molecule has 94 valence electrons. The highest BCUT2D eigenvalue weighted by Crippen LogP contribution is 2.18. The lowest BCUT2D eigenvalue weighted by Crippen LogP contribution is -2.13. The van der Waals surface area contributed by atoms with Crippen LogP contribution in [0, 0.1) is 0 Å². The first-order chi connectivity index (χ1) is 8.54. The third kappa shape index (κ3) is 1.83. The molecule has 8 nitrogen and oxygen atoms in total. The number of carbonyl (C=O) groups is 1. The second kappa shape index (κ2) is 4.32. The molecule has 2 heterocycles. The predicted molar refractivity (Wildman–Crippen MR) is 62.8 cm³/mol. The molecule has 0 saturated carbocycles. The number of nitrogens with zero attached hydrogens (tertiary/aromatic N) is 3. The molecule has 18 heavy (non-hydrogen) atoms. The predicted octanol–water partition coefficient (Wildman–Crippen LogP) is -0.461. The van der Waals surface area contributed by atoms with Crippen LogP contribution >= 0.6 is 0 Å². The van der Waals surface area contributed by atoms with E-state index < -0.39 is 5.97 Å². The van der Waals surface area contributed by atoms with Gasteiger partial charge in [0.25, 0.3) is 5.56 Å². The number of aromatic amines is 1. The average Bonchev–Trinajstić information content (AvgIpc) is 2.66. The first kappa shape index (κ1) is 11.8. The van der Waals surface area contributed by atoms with Gasteiger partial charge in [-0.25, -0.2) is 14.8 Å². The zero-order valence-corrected chi connectivity index (χ0v) is 9.80. The number of H-pyrrole nitrogens is 1. The molecule has 0 saturated heterocycles. The molecule has 2 rings (SSSR count). The lowest BCUT2D eigenvalue weighted by molar-refractivity contribution is 0.0594. The summed E-state index contributed by atoms with van der Waals surface area (Å²) < 4.78 is 5.78. The largest absolute Gasteiger partial charge is 0.464 e. The molecule has 0 aromatic carbocycles. The SMILES string of the molecule is COC(=O)c1[nH]n(C)c(=O)c1-c1cnc(N)nc1. The van der Waals surface area contributed by atoms with Crippen LogP contribution in [0.2, 0.25) is 0 Å². The molecule has 0 unspecified atom stereocenters. The van der Waals surface area contributed by atoms with Crippen molar-refractivity contribution in [1.82, 2.24) is 19.7 Å². The molecule has 8 heteroatoms. The quantitative estimate of drug-likeness (QED) is 0.695. The van der Waals surface area contributed by atoms with Crippen molar-refractivity contribution in [3.63, 3.8) is 0 Å². The Kier molecular flexibility index (Phi) is 2.84. The van der Waals surface area contributed by atoms with Crippen LogP contribution in [0.15, 0.2) is 17.2 Å². The molecule has 0 aliphatic rings. The lowest BCUT2D eigenvalue weighted by Gasteiger charge is -2.00. The van der Waals surface area contributed by atoms with E-state index >= 15 is 0 Å². The summed E-state index contributed by atoms with van der Waals surface area (Å²) >= 11 is 0.